The molecule has 0 bridgehead atoms. The van der Waals surface area contributed by atoms with Gasteiger partial charge in [0.2, 0.25) is 0 Å². The van der Waals surface area contributed by atoms with Gasteiger partial charge in [0.05, 0.1) is 15.7 Å². The number of rotatable bonds is 2. The fourth-order valence-corrected chi connectivity index (χ4v) is 4.31. The zero-order chi connectivity index (χ0) is 15.7. The van der Waals surface area contributed by atoms with Gasteiger partial charge >= 0.3 is 6.03 Å². The van der Waals surface area contributed by atoms with Gasteiger partial charge in [0.1, 0.15) is 5.82 Å². The van der Waals surface area contributed by atoms with Gasteiger partial charge in [-0.15, -0.1) is 0 Å². The normalized spacial score (nSPS) is 25.6. The Labute approximate surface area is 132 Å². The molecule has 120 valence electrons. The number of carbonyl (C=O) groups excluding carboxylic acids is 1. The first kappa shape index (κ1) is 15.5. The van der Waals surface area contributed by atoms with Crippen LogP contribution in [-0.2, 0) is 10.8 Å². The summed E-state index contributed by atoms with van der Waals surface area (Å²) in [5.41, 5.74) is 0.414. The topological polar surface area (TPSA) is 49.4 Å². The van der Waals surface area contributed by atoms with E-state index in [9.17, 15) is 13.4 Å². The summed E-state index contributed by atoms with van der Waals surface area (Å²) in [6.45, 7) is 0.770. The zero-order valence-electron chi connectivity index (χ0n) is 12.7. The van der Waals surface area contributed by atoms with Crippen LogP contribution in [-0.4, -0.2) is 34.0 Å². The van der Waals surface area contributed by atoms with Crippen molar-refractivity contribution in [2.24, 2.45) is 5.92 Å². The second-order valence-electron chi connectivity index (χ2n) is 6.12. The fraction of sp³-hybridized carbons (Fsp3) is 0.562. The van der Waals surface area contributed by atoms with E-state index in [1.165, 1.54) is 37.7 Å². The third-order valence-corrected chi connectivity index (χ3v) is 5.70. The molecule has 0 spiro atoms. The van der Waals surface area contributed by atoms with E-state index in [1.54, 1.807) is 6.07 Å². The van der Waals surface area contributed by atoms with Crippen LogP contribution in [0, 0.1) is 11.7 Å². The van der Waals surface area contributed by atoms with Crippen molar-refractivity contribution in [3.8, 4) is 0 Å². The standard InChI is InChI=1S/C16H21FN2O2S/c1-22(21)15-8-7-12(10-13(15)17)18-16(20)19-9-3-5-11-4-2-6-14(11)19/h7-8,10-11,14H,2-6,9H2,1H3,(H,18,20)/t11-,14+,22-/m1/s1. The molecule has 4 nitrogen and oxygen atoms in total. The Bertz CT molecular complexity index is 608. The van der Waals surface area contributed by atoms with E-state index >= 15 is 0 Å². The maximum absolute atomic E-state index is 13.9. The summed E-state index contributed by atoms with van der Waals surface area (Å²) in [7, 11) is -1.37. The van der Waals surface area contributed by atoms with Crippen LogP contribution in [0.1, 0.15) is 32.1 Å². The number of hydrogen-bond acceptors (Lipinski definition) is 2. The van der Waals surface area contributed by atoms with Crippen LogP contribution in [0.15, 0.2) is 23.1 Å². The molecule has 1 N–H and O–H groups in total. The third-order valence-electron chi connectivity index (χ3n) is 4.75. The predicted octanol–water partition coefficient (Wildman–Crippen LogP) is 3.36. The van der Waals surface area contributed by atoms with Crippen molar-refractivity contribution in [1.82, 2.24) is 4.90 Å². The van der Waals surface area contributed by atoms with Crippen LogP contribution in [0.5, 0.6) is 0 Å². The Morgan fingerprint density at radius 1 is 1.32 bits per heavy atom. The average Bonchev–Trinajstić information content (AvgIpc) is 2.95. The summed E-state index contributed by atoms with van der Waals surface area (Å²) in [5.74, 6) is 0.0807. The van der Waals surface area contributed by atoms with Gasteiger partial charge in [-0.3, -0.25) is 4.21 Å². The molecule has 6 heteroatoms. The number of benzene rings is 1. The largest absolute Gasteiger partial charge is 0.322 e. The van der Waals surface area contributed by atoms with E-state index in [4.69, 9.17) is 0 Å². The summed E-state index contributed by atoms with van der Waals surface area (Å²) in [5, 5.41) is 2.78. The number of nitrogens with zero attached hydrogens (tertiary/aromatic N) is 1. The number of halogens is 1. The molecule has 1 aliphatic carbocycles. The first-order chi connectivity index (χ1) is 10.6. The first-order valence-electron chi connectivity index (χ1n) is 7.77. The Morgan fingerprint density at radius 2 is 2.09 bits per heavy atom. The zero-order valence-corrected chi connectivity index (χ0v) is 13.5. The van der Waals surface area contributed by atoms with E-state index in [2.05, 4.69) is 5.32 Å². The maximum Gasteiger partial charge on any atom is 0.322 e. The van der Waals surface area contributed by atoms with E-state index in [0.29, 0.717) is 17.6 Å². The molecule has 2 aliphatic rings. The number of hydrogen-bond donors (Lipinski definition) is 1. The molecule has 1 saturated heterocycles. The number of carbonyl (C=O) groups is 1. The molecule has 2 amide bonds. The number of piperidine rings is 1. The minimum absolute atomic E-state index is 0.152. The minimum atomic E-state index is -1.37. The molecule has 0 radical (unpaired) electrons. The summed E-state index contributed by atoms with van der Waals surface area (Å²) in [6.07, 6.45) is 7.15. The Balaban J connectivity index is 1.71. The Morgan fingerprint density at radius 3 is 2.82 bits per heavy atom. The number of amides is 2. The van der Waals surface area contributed by atoms with Crippen molar-refractivity contribution >= 4 is 22.5 Å². The van der Waals surface area contributed by atoms with Gasteiger partial charge in [-0.2, -0.15) is 0 Å². The van der Waals surface area contributed by atoms with Crippen LogP contribution in [0.2, 0.25) is 0 Å². The monoisotopic (exact) mass is 324 g/mol. The van der Waals surface area contributed by atoms with E-state index in [-0.39, 0.29) is 10.9 Å². The van der Waals surface area contributed by atoms with Gasteiger partial charge in [-0.05, 0) is 49.8 Å². The SMILES string of the molecule is C[S@@](=O)c1ccc(NC(=O)N2CCC[C@H]3CCC[C@@H]32)cc1F. The summed E-state index contributed by atoms with van der Waals surface area (Å²) >= 11 is 0. The molecule has 3 atom stereocenters. The summed E-state index contributed by atoms with van der Waals surface area (Å²) in [4.78, 5) is 14.5. The van der Waals surface area contributed by atoms with Crippen molar-refractivity contribution < 1.29 is 13.4 Å². The molecule has 1 aliphatic heterocycles. The first-order valence-corrected chi connectivity index (χ1v) is 9.32. The highest BCUT2D eigenvalue weighted by atomic mass is 32.2. The van der Waals surface area contributed by atoms with Crippen LogP contribution >= 0.6 is 0 Å². The molecule has 0 unspecified atom stereocenters. The van der Waals surface area contributed by atoms with E-state index in [0.717, 1.165) is 19.4 Å². The maximum atomic E-state index is 13.9. The molecule has 2 fully saturated rings. The predicted molar refractivity (Wildman–Crippen MR) is 84.8 cm³/mol. The van der Waals surface area contributed by atoms with Gasteiger partial charge in [-0.1, -0.05) is 6.42 Å². The van der Waals surface area contributed by atoms with Gasteiger partial charge < -0.3 is 10.2 Å². The molecular weight excluding hydrogens is 303 g/mol. The van der Waals surface area contributed by atoms with Gasteiger partial charge in [-0.25, -0.2) is 9.18 Å². The second kappa shape index (κ2) is 6.36. The van der Waals surface area contributed by atoms with Crippen molar-refractivity contribution in [3.05, 3.63) is 24.0 Å². The lowest BCUT2D eigenvalue weighted by Gasteiger charge is -2.37. The highest BCUT2D eigenvalue weighted by Gasteiger charge is 2.37. The number of anilines is 1. The lowest BCUT2D eigenvalue weighted by molar-refractivity contribution is 0.138. The van der Waals surface area contributed by atoms with Crippen LogP contribution < -0.4 is 5.32 Å². The third kappa shape index (κ3) is 3.02. The number of fused-ring (bicyclic) bond motifs is 1. The van der Waals surface area contributed by atoms with E-state index < -0.39 is 16.6 Å². The smallest absolute Gasteiger partial charge is 0.321 e. The molecule has 22 heavy (non-hydrogen) atoms. The van der Waals surface area contributed by atoms with Crippen LogP contribution in [0.4, 0.5) is 14.9 Å². The quantitative estimate of drug-likeness (QED) is 0.907. The molecule has 3 rings (SSSR count). The van der Waals surface area contributed by atoms with Crippen molar-refractivity contribution in [2.45, 2.75) is 43.0 Å². The Kier molecular flexibility index (Phi) is 4.47. The summed E-state index contributed by atoms with van der Waals surface area (Å²) in [6, 6.07) is 4.50. The number of urea groups is 1. The van der Waals surface area contributed by atoms with Gasteiger partial charge in [0.25, 0.3) is 0 Å². The molecule has 1 aromatic carbocycles. The highest BCUT2D eigenvalue weighted by Crippen LogP contribution is 2.37. The second-order valence-corrected chi connectivity index (χ2v) is 7.47. The molecule has 1 saturated carbocycles. The molecule has 1 heterocycles. The molecule has 1 aromatic rings. The fourth-order valence-electron chi connectivity index (χ4n) is 3.71. The Hall–Kier alpha value is -1.43. The minimum Gasteiger partial charge on any atom is -0.321 e. The number of likely N-dealkylation sites (tertiary alicyclic amines) is 1. The van der Waals surface area contributed by atoms with Crippen LogP contribution in [0.25, 0.3) is 0 Å². The van der Waals surface area contributed by atoms with Crippen molar-refractivity contribution in [1.29, 1.82) is 0 Å². The molecule has 0 aromatic heterocycles. The summed E-state index contributed by atoms with van der Waals surface area (Å²) < 4.78 is 25.2. The number of nitrogens with one attached hydrogen (secondary N) is 1. The average molecular weight is 324 g/mol. The highest BCUT2D eigenvalue weighted by molar-refractivity contribution is 7.84. The lowest BCUT2D eigenvalue weighted by Crippen LogP contribution is -2.48. The van der Waals surface area contributed by atoms with Crippen molar-refractivity contribution in [3.63, 3.8) is 0 Å². The lowest BCUT2D eigenvalue weighted by atomic mass is 9.92. The van der Waals surface area contributed by atoms with Gasteiger partial charge in [0, 0.05) is 24.5 Å². The van der Waals surface area contributed by atoms with Crippen molar-refractivity contribution in [2.75, 3.05) is 18.1 Å². The van der Waals surface area contributed by atoms with Crippen LogP contribution in [0.3, 0.4) is 0 Å². The van der Waals surface area contributed by atoms with Gasteiger partial charge in [0.15, 0.2) is 0 Å². The molecular formula is C16H21FN2O2S. The van der Waals surface area contributed by atoms with E-state index in [1.807, 2.05) is 4.90 Å².